The van der Waals surface area contributed by atoms with Gasteiger partial charge in [-0.15, -0.1) is 11.3 Å². The van der Waals surface area contributed by atoms with E-state index in [1.54, 1.807) is 23.1 Å². The maximum absolute atomic E-state index is 10.9. The molecule has 1 aromatic carbocycles. The normalized spacial score (nSPS) is 12.8. The number of hydrogen-bond acceptors (Lipinski definition) is 5. The summed E-state index contributed by atoms with van der Waals surface area (Å²) in [5.74, 6) is 0.620. The second kappa shape index (κ2) is 4.80. The molecule has 1 heterocycles. The summed E-state index contributed by atoms with van der Waals surface area (Å²) in [5.41, 5.74) is 10.1. The topological polar surface area (TPSA) is 68.0 Å². The van der Waals surface area contributed by atoms with E-state index in [0.29, 0.717) is 18.0 Å². The molecular formula is C10H13N3OS2. The highest BCUT2D eigenvalue weighted by molar-refractivity contribution is 7.84. The Morgan fingerprint density at radius 3 is 3.12 bits per heavy atom. The molecule has 0 aliphatic rings. The van der Waals surface area contributed by atoms with Gasteiger partial charge in [0.15, 0.2) is 0 Å². The quantitative estimate of drug-likeness (QED) is 0.815. The molecule has 1 aromatic heterocycles. The number of fused-ring (bicyclic) bond motifs is 1. The average molecular weight is 255 g/mol. The number of anilines is 2. The summed E-state index contributed by atoms with van der Waals surface area (Å²) in [4.78, 5) is 4.22. The summed E-state index contributed by atoms with van der Waals surface area (Å²) in [6.45, 7) is 0.656. The van der Waals surface area contributed by atoms with Crippen LogP contribution in [-0.4, -0.2) is 27.7 Å². The third kappa shape index (κ3) is 2.33. The zero-order valence-corrected chi connectivity index (χ0v) is 10.5. The van der Waals surface area contributed by atoms with Gasteiger partial charge in [-0.3, -0.25) is 4.21 Å². The number of nitrogen functional groups attached to an aromatic ring is 1. The fraction of sp³-hybridized carbons (Fsp3) is 0.300. The van der Waals surface area contributed by atoms with Gasteiger partial charge in [0.25, 0.3) is 0 Å². The first-order valence-corrected chi connectivity index (χ1v) is 7.44. The van der Waals surface area contributed by atoms with E-state index < -0.39 is 10.8 Å². The van der Waals surface area contributed by atoms with Crippen molar-refractivity contribution in [1.29, 1.82) is 0 Å². The average Bonchev–Trinajstić information content (AvgIpc) is 2.69. The second-order valence-corrected chi connectivity index (χ2v) is 5.87. The predicted octanol–water partition coefficient (Wildman–Crippen LogP) is 1.67. The molecular weight excluding hydrogens is 242 g/mol. The minimum Gasteiger partial charge on any atom is -0.395 e. The molecule has 1 atom stereocenters. The van der Waals surface area contributed by atoms with Crippen LogP contribution >= 0.6 is 11.3 Å². The number of benzene rings is 1. The van der Waals surface area contributed by atoms with Crippen LogP contribution in [0.4, 0.5) is 11.4 Å². The highest BCUT2D eigenvalue weighted by Gasteiger charge is 2.06. The molecule has 6 heteroatoms. The van der Waals surface area contributed by atoms with Crippen molar-refractivity contribution in [3.8, 4) is 0 Å². The van der Waals surface area contributed by atoms with E-state index in [1.165, 1.54) is 0 Å². The van der Waals surface area contributed by atoms with Crippen molar-refractivity contribution in [1.82, 2.24) is 4.98 Å². The smallest absolute Gasteiger partial charge is 0.106 e. The molecule has 0 amide bonds. The predicted molar refractivity (Wildman–Crippen MR) is 71.5 cm³/mol. The van der Waals surface area contributed by atoms with E-state index in [4.69, 9.17) is 5.73 Å². The lowest BCUT2D eigenvalue weighted by Gasteiger charge is -2.08. The number of nitrogens with two attached hydrogens (primary N) is 1. The van der Waals surface area contributed by atoms with Crippen LogP contribution in [0.3, 0.4) is 0 Å². The van der Waals surface area contributed by atoms with Crippen LogP contribution in [0.5, 0.6) is 0 Å². The molecule has 2 aromatic rings. The van der Waals surface area contributed by atoms with Gasteiger partial charge in [-0.25, -0.2) is 4.98 Å². The molecule has 0 saturated carbocycles. The summed E-state index contributed by atoms with van der Waals surface area (Å²) in [5, 5.41) is 3.17. The molecule has 0 spiro atoms. The van der Waals surface area contributed by atoms with Crippen molar-refractivity contribution < 1.29 is 4.21 Å². The largest absolute Gasteiger partial charge is 0.395 e. The lowest BCUT2D eigenvalue weighted by atomic mass is 10.2. The van der Waals surface area contributed by atoms with Gasteiger partial charge in [0.2, 0.25) is 0 Å². The van der Waals surface area contributed by atoms with E-state index in [1.807, 2.05) is 12.1 Å². The summed E-state index contributed by atoms with van der Waals surface area (Å²) in [6, 6.07) is 3.93. The van der Waals surface area contributed by atoms with Gasteiger partial charge >= 0.3 is 0 Å². The molecule has 0 fully saturated rings. The van der Waals surface area contributed by atoms with Crippen molar-refractivity contribution in [3.05, 3.63) is 17.6 Å². The Labute approximate surface area is 100 Å². The Hall–Kier alpha value is -1.14. The van der Waals surface area contributed by atoms with Crippen LogP contribution in [0.1, 0.15) is 0 Å². The molecule has 16 heavy (non-hydrogen) atoms. The van der Waals surface area contributed by atoms with Crippen LogP contribution < -0.4 is 11.1 Å². The molecule has 86 valence electrons. The van der Waals surface area contributed by atoms with E-state index >= 15 is 0 Å². The minimum atomic E-state index is -0.782. The van der Waals surface area contributed by atoms with E-state index in [-0.39, 0.29) is 0 Å². The first kappa shape index (κ1) is 11.3. The van der Waals surface area contributed by atoms with Crippen LogP contribution in [-0.2, 0) is 10.8 Å². The number of nitrogens with one attached hydrogen (secondary N) is 1. The Kier molecular flexibility index (Phi) is 3.40. The maximum Gasteiger partial charge on any atom is 0.106 e. The van der Waals surface area contributed by atoms with Crippen LogP contribution in [0.25, 0.3) is 10.2 Å². The molecule has 0 bridgehead atoms. The van der Waals surface area contributed by atoms with E-state index in [2.05, 4.69) is 10.3 Å². The van der Waals surface area contributed by atoms with Gasteiger partial charge in [0.05, 0.1) is 21.6 Å². The van der Waals surface area contributed by atoms with Crippen molar-refractivity contribution in [2.75, 3.05) is 29.6 Å². The first-order valence-electron chi connectivity index (χ1n) is 4.84. The Morgan fingerprint density at radius 2 is 2.38 bits per heavy atom. The number of rotatable bonds is 4. The summed E-state index contributed by atoms with van der Waals surface area (Å²) in [6.07, 6.45) is 1.69. The van der Waals surface area contributed by atoms with Crippen molar-refractivity contribution >= 4 is 43.7 Å². The molecule has 0 aliphatic carbocycles. The van der Waals surface area contributed by atoms with Gasteiger partial charge in [-0.1, -0.05) is 0 Å². The fourth-order valence-corrected chi connectivity index (χ4v) is 2.52. The Balaban J connectivity index is 2.17. The molecule has 0 aliphatic heterocycles. The second-order valence-electron chi connectivity index (χ2n) is 3.43. The summed E-state index contributed by atoms with van der Waals surface area (Å²) < 4.78 is 12.0. The molecule has 1 unspecified atom stereocenters. The lowest BCUT2D eigenvalue weighted by molar-refractivity contribution is 0.687. The van der Waals surface area contributed by atoms with Gasteiger partial charge in [0, 0.05) is 29.4 Å². The molecule has 4 nitrogen and oxygen atoms in total. The van der Waals surface area contributed by atoms with Crippen molar-refractivity contribution in [2.24, 2.45) is 0 Å². The highest BCUT2D eigenvalue weighted by Crippen LogP contribution is 2.29. The zero-order chi connectivity index (χ0) is 11.5. The minimum absolute atomic E-state index is 0.620. The lowest BCUT2D eigenvalue weighted by Crippen LogP contribution is -2.11. The van der Waals surface area contributed by atoms with Gasteiger partial charge in [0.1, 0.15) is 5.52 Å². The highest BCUT2D eigenvalue weighted by atomic mass is 32.2. The summed E-state index contributed by atoms with van der Waals surface area (Å²) in [7, 11) is -0.782. The number of thiazole rings is 1. The maximum atomic E-state index is 10.9. The standard InChI is InChI=1S/C10H13N3OS2/c1-16(14)5-4-12-7-2-3-8-10(9(7)11)13-6-15-8/h2-3,6,12H,4-5,11H2,1H3. The molecule has 2 rings (SSSR count). The van der Waals surface area contributed by atoms with Gasteiger partial charge < -0.3 is 11.1 Å². The fourth-order valence-electron chi connectivity index (χ4n) is 1.44. The molecule has 3 N–H and O–H groups in total. The zero-order valence-electron chi connectivity index (χ0n) is 8.90. The van der Waals surface area contributed by atoms with Crippen LogP contribution in [0, 0.1) is 0 Å². The van der Waals surface area contributed by atoms with Crippen molar-refractivity contribution in [2.45, 2.75) is 0 Å². The Morgan fingerprint density at radius 1 is 1.56 bits per heavy atom. The molecule has 0 saturated heterocycles. The number of aromatic nitrogens is 1. The Bertz CT molecular complexity index is 524. The third-order valence-corrected chi connectivity index (χ3v) is 3.82. The van der Waals surface area contributed by atoms with E-state index in [9.17, 15) is 4.21 Å². The summed E-state index contributed by atoms with van der Waals surface area (Å²) >= 11 is 1.57. The monoisotopic (exact) mass is 255 g/mol. The third-order valence-electron chi connectivity index (χ3n) is 2.25. The van der Waals surface area contributed by atoms with E-state index in [0.717, 1.165) is 15.9 Å². The van der Waals surface area contributed by atoms with Gasteiger partial charge in [-0.05, 0) is 12.1 Å². The SMILES string of the molecule is CS(=O)CCNc1ccc2scnc2c1N. The van der Waals surface area contributed by atoms with Gasteiger partial charge in [-0.2, -0.15) is 0 Å². The van der Waals surface area contributed by atoms with Crippen molar-refractivity contribution in [3.63, 3.8) is 0 Å². The number of hydrogen-bond donors (Lipinski definition) is 2. The van der Waals surface area contributed by atoms with Crippen LogP contribution in [0.15, 0.2) is 17.6 Å². The number of nitrogens with zero attached hydrogens (tertiary/aromatic N) is 1. The first-order chi connectivity index (χ1) is 7.68. The van der Waals surface area contributed by atoms with Crippen LogP contribution in [0.2, 0.25) is 0 Å². The molecule has 0 radical (unpaired) electrons.